The van der Waals surface area contributed by atoms with E-state index < -0.39 is 0 Å². The van der Waals surface area contributed by atoms with Gasteiger partial charge in [-0.05, 0) is 6.42 Å². The quantitative estimate of drug-likeness (QED) is 0.389. The van der Waals surface area contributed by atoms with E-state index in [1.807, 2.05) is 12.2 Å². The number of hydrogen-bond acceptors (Lipinski definition) is 4. The van der Waals surface area contributed by atoms with Gasteiger partial charge >= 0.3 is 5.97 Å². The van der Waals surface area contributed by atoms with Crippen molar-refractivity contribution in [2.45, 2.75) is 25.9 Å². The number of carbonyl (C=O) groups excluding carboxylic acids is 2. The lowest BCUT2D eigenvalue weighted by Gasteiger charge is -2.22. The number of carbonyl (C=O) groups is 2. The van der Waals surface area contributed by atoms with Gasteiger partial charge in [-0.15, -0.1) is 0 Å². The van der Waals surface area contributed by atoms with Gasteiger partial charge in [0.25, 0.3) is 0 Å². The van der Waals surface area contributed by atoms with Crippen LogP contribution in [0, 0.1) is 5.92 Å². The second kappa shape index (κ2) is 6.35. The number of hydrogen-bond donors (Lipinski definition) is 0. The van der Waals surface area contributed by atoms with E-state index in [4.69, 9.17) is 9.47 Å². The first-order chi connectivity index (χ1) is 7.22. The summed E-state index contributed by atoms with van der Waals surface area (Å²) >= 11 is 0. The highest BCUT2D eigenvalue weighted by molar-refractivity contribution is 5.65. The molecule has 0 aromatic carbocycles. The first kappa shape index (κ1) is 11.9. The Balaban J connectivity index is 2.20. The van der Waals surface area contributed by atoms with Crippen LogP contribution in [0.15, 0.2) is 12.2 Å². The van der Waals surface area contributed by atoms with Crippen LogP contribution in [0.2, 0.25) is 0 Å². The molecule has 0 saturated heterocycles. The van der Waals surface area contributed by atoms with E-state index in [0.717, 1.165) is 12.7 Å². The Hall–Kier alpha value is -1.16. The Morgan fingerprint density at radius 1 is 1.60 bits per heavy atom. The SMILES string of the molecule is CC(=O)OCC[C@@H]1C=C[C@H](CC=O)OC1. The van der Waals surface area contributed by atoms with Crippen molar-refractivity contribution in [3.8, 4) is 0 Å². The Morgan fingerprint density at radius 2 is 2.40 bits per heavy atom. The van der Waals surface area contributed by atoms with Gasteiger partial charge in [0.2, 0.25) is 0 Å². The molecule has 4 nitrogen and oxygen atoms in total. The summed E-state index contributed by atoms with van der Waals surface area (Å²) in [5.74, 6) is 0.0294. The standard InChI is InChI=1S/C11H16O4/c1-9(13)14-7-5-10-2-3-11(4-6-12)15-8-10/h2-3,6,10-11H,4-5,7-8H2,1H3/t10-,11+/m0/s1. The summed E-state index contributed by atoms with van der Waals surface area (Å²) in [6, 6.07) is 0. The number of esters is 1. The highest BCUT2D eigenvalue weighted by Crippen LogP contribution is 2.15. The fourth-order valence-corrected chi connectivity index (χ4v) is 1.41. The molecule has 0 amide bonds. The normalized spacial score (nSPS) is 24.9. The molecule has 0 fully saturated rings. The molecule has 4 heteroatoms. The van der Waals surface area contributed by atoms with Crippen LogP contribution in [-0.2, 0) is 19.1 Å². The molecular formula is C11H16O4. The predicted octanol–water partition coefficient (Wildman–Crippen LogP) is 1.10. The minimum atomic E-state index is -0.255. The van der Waals surface area contributed by atoms with Crippen LogP contribution in [0.4, 0.5) is 0 Å². The molecule has 15 heavy (non-hydrogen) atoms. The first-order valence-corrected chi connectivity index (χ1v) is 5.09. The van der Waals surface area contributed by atoms with Gasteiger partial charge in [0.1, 0.15) is 6.29 Å². The molecule has 0 saturated carbocycles. The fraction of sp³-hybridized carbons (Fsp3) is 0.636. The van der Waals surface area contributed by atoms with E-state index in [0.29, 0.717) is 19.6 Å². The van der Waals surface area contributed by atoms with Crippen LogP contribution < -0.4 is 0 Å². The van der Waals surface area contributed by atoms with Crippen molar-refractivity contribution in [2.75, 3.05) is 13.2 Å². The average Bonchev–Trinajstić information content (AvgIpc) is 2.20. The molecule has 2 atom stereocenters. The molecule has 0 unspecified atom stereocenters. The van der Waals surface area contributed by atoms with Crippen LogP contribution in [-0.4, -0.2) is 31.6 Å². The average molecular weight is 212 g/mol. The molecule has 0 N–H and O–H groups in total. The summed E-state index contributed by atoms with van der Waals surface area (Å²) in [6.45, 7) is 2.41. The molecule has 84 valence electrons. The van der Waals surface area contributed by atoms with Crippen molar-refractivity contribution in [2.24, 2.45) is 5.92 Å². The van der Waals surface area contributed by atoms with Gasteiger partial charge in [-0.3, -0.25) is 4.79 Å². The van der Waals surface area contributed by atoms with Gasteiger partial charge in [0.15, 0.2) is 0 Å². The highest BCUT2D eigenvalue weighted by Gasteiger charge is 2.15. The molecule has 0 bridgehead atoms. The lowest BCUT2D eigenvalue weighted by atomic mass is 10.0. The fourth-order valence-electron chi connectivity index (χ4n) is 1.41. The molecule has 0 aromatic heterocycles. The number of aldehydes is 1. The lowest BCUT2D eigenvalue weighted by Crippen LogP contribution is -2.22. The van der Waals surface area contributed by atoms with Crippen molar-refractivity contribution in [1.29, 1.82) is 0 Å². The van der Waals surface area contributed by atoms with Crippen LogP contribution in [0.5, 0.6) is 0 Å². The zero-order valence-electron chi connectivity index (χ0n) is 8.85. The van der Waals surface area contributed by atoms with E-state index in [-0.39, 0.29) is 18.0 Å². The van der Waals surface area contributed by atoms with Gasteiger partial charge in [0.05, 0.1) is 19.3 Å². The zero-order valence-corrected chi connectivity index (χ0v) is 8.85. The third-order valence-electron chi connectivity index (χ3n) is 2.24. The van der Waals surface area contributed by atoms with Gasteiger partial charge in [-0.25, -0.2) is 0 Å². The minimum absolute atomic E-state index is 0.0764. The van der Waals surface area contributed by atoms with Gasteiger partial charge in [-0.2, -0.15) is 0 Å². The smallest absolute Gasteiger partial charge is 0.302 e. The first-order valence-electron chi connectivity index (χ1n) is 5.09. The van der Waals surface area contributed by atoms with Gasteiger partial charge in [-0.1, -0.05) is 12.2 Å². The van der Waals surface area contributed by atoms with Crippen LogP contribution in [0.3, 0.4) is 0 Å². The molecule has 0 spiro atoms. The molecule has 0 aliphatic carbocycles. The Bertz CT molecular complexity index is 247. The predicted molar refractivity (Wildman–Crippen MR) is 54.3 cm³/mol. The van der Waals surface area contributed by atoms with E-state index in [1.165, 1.54) is 6.92 Å². The maximum absolute atomic E-state index is 10.5. The van der Waals surface area contributed by atoms with Crippen LogP contribution in [0.25, 0.3) is 0 Å². The molecule has 0 radical (unpaired) electrons. The highest BCUT2D eigenvalue weighted by atomic mass is 16.5. The van der Waals surface area contributed by atoms with Crippen molar-refractivity contribution in [3.63, 3.8) is 0 Å². The second-order valence-electron chi connectivity index (χ2n) is 3.55. The molecular weight excluding hydrogens is 196 g/mol. The van der Waals surface area contributed by atoms with Crippen molar-refractivity contribution >= 4 is 12.3 Å². The summed E-state index contributed by atoms with van der Waals surface area (Å²) in [5.41, 5.74) is 0. The van der Waals surface area contributed by atoms with Crippen LogP contribution in [0.1, 0.15) is 19.8 Å². The zero-order chi connectivity index (χ0) is 11.1. The van der Waals surface area contributed by atoms with Crippen LogP contribution >= 0.6 is 0 Å². The summed E-state index contributed by atoms with van der Waals surface area (Å²) in [7, 11) is 0. The van der Waals surface area contributed by atoms with Crippen molar-refractivity contribution in [3.05, 3.63) is 12.2 Å². The van der Waals surface area contributed by atoms with Gasteiger partial charge < -0.3 is 14.3 Å². The molecule has 1 rings (SSSR count). The number of rotatable bonds is 5. The van der Waals surface area contributed by atoms with E-state index in [2.05, 4.69) is 0 Å². The minimum Gasteiger partial charge on any atom is -0.466 e. The summed E-state index contributed by atoms with van der Waals surface area (Å²) < 4.78 is 10.3. The maximum Gasteiger partial charge on any atom is 0.302 e. The summed E-state index contributed by atoms with van der Waals surface area (Å²) in [4.78, 5) is 20.7. The maximum atomic E-state index is 10.5. The monoisotopic (exact) mass is 212 g/mol. The molecule has 1 heterocycles. The lowest BCUT2D eigenvalue weighted by molar-refractivity contribution is -0.141. The Kier molecular flexibility index (Phi) is 5.04. The largest absolute Gasteiger partial charge is 0.466 e. The summed E-state index contributed by atoms with van der Waals surface area (Å²) in [6.07, 6.45) is 5.88. The summed E-state index contributed by atoms with van der Waals surface area (Å²) in [5, 5.41) is 0. The third kappa shape index (κ3) is 4.74. The topological polar surface area (TPSA) is 52.6 Å². The molecule has 1 aliphatic rings. The van der Waals surface area contributed by atoms with E-state index >= 15 is 0 Å². The van der Waals surface area contributed by atoms with Crippen molar-refractivity contribution in [1.82, 2.24) is 0 Å². The van der Waals surface area contributed by atoms with Crippen molar-refractivity contribution < 1.29 is 19.1 Å². The Morgan fingerprint density at radius 3 is 2.93 bits per heavy atom. The second-order valence-corrected chi connectivity index (χ2v) is 3.55. The molecule has 0 aromatic rings. The Labute approximate surface area is 89.2 Å². The third-order valence-corrected chi connectivity index (χ3v) is 2.24. The van der Waals surface area contributed by atoms with E-state index in [9.17, 15) is 9.59 Å². The van der Waals surface area contributed by atoms with E-state index in [1.54, 1.807) is 0 Å². The molecule has 1 aliphatic heterocycles. The van der Waals surface area contributed by atoms with Gasteiger partial charge in [0, 0.05) is 19.3 Å². The number of ether oxygens (including phenoxy) is 2.